The second kappa shape index (κ2) is 6.91. The van der Waals surface area contributed by atoms with Crippen molar-refractivity contribution in [1.82, 2.24) is 5.32 Å². The van der Waals surface area contributed by atoms with Gasteiger partial charge in [-0.25, -0.2) is 0 Å². The van der Waals surface area contributed by atoms with Gasteiger partial charge in [-0.3, -0.25) is 0 Å². The molecule has 0 saturated carbocycles. The van der Waals surface area contributed by atoms with E-state index in [0.29, 0.717) is 11.8 Å². The van der Waals surface area contributed by atoms with Crippen LogP contribution in [0.5, 0.6) is 0 Å². The van der Waals surface area contributed by atoms with Crippen LogP contribution in [0.4, 0.5) is 0 Å². The quantitative estimate of drug-likeness (QED) is 0.861. The van der Waals surface area contributed by atoms with Gasteiger partial charge in [-0.2, -0.15) is 0 Å². The molecule has 1 N–H and O–H groups in total. The third kappa shape index (κ3) is 4.11. The molecule has 1 heterocycles. The number of rotatable bonds is 5. The minimum atomic E-state index is 0.605. The van der Waals surface area contributed by atoms with Gasteiger partial charge in [-0.15, -0.1) is 0 Å². The van der Waals surface area contributed by atoms with Crippen molar-refractivity contribution in [3.63, 3.8) is 0 Å². The molecule has 18 heavy (non-hydrogen) atoms. The van der Waals surface area contributed by atoms with Crippen LogP contribution in [0.1, 0.15) is 43.7 Å². The van der Waals surface area contributed by atoms with Crippen molar-refractivity contribution < 1.29 is 4.74 Å². The standard InChI is InChI=1S/C16H25NO/c1-13(2)16-7-5-14(6-8-16)11-18-12-15-4-3-9-17-10-15/h5-8,13,15,17H,3-4,9-12H2,1-2H3/t15-/m1/s1. The highest BCUT2D eigenvalue weighted by atomic mass is 16.5. The average molecular weight is 247 g/mol. The van der Waals surface area contributed by atoms with Crippen molar-refractivity contribution in [2.75, 3.05) is 19.7 Å². The number of hydrogen-bond acceptors (Lipinski definition) is 2. The van der Waals surface area contributed by atoms with Gasteiger partial charge in [-0.05, 0) is 42.3 Å². The van der Waals surface area contributed by atoms with Crippen LogP contribution in [-0.2, 0) is 11.3 Å². The Morgan fingerprint density at radius 3 is 2.67 bits per heavy atom. The number of hydrogen-bond donors (Lipinski definition) is 1. The Morgan fingerprint density at radius 1 is 1.28 bits per heavy atom. The van der Waals surface area contributed by atoms with Crippen LogP contribution in [0.2, 0.25) is 0 Å². The zero-order valence-corrected chi connectivity index (χ0v) is 11.6. The van der Waals surface area contributed by atoms with Gasteiger partial charge in [0.1, 0.15) is 0 Å². The fourth-order valence-electron chi connectivity index (χ4n) is 2.41. The van der Waals surface area contributed by atoms with Crippen LogP contribution >= 0.6 is 0 Å². The Labute approximate surface area is 111 Å². The first kappa shape index (κ1) is 13.6. The average Bonchev–Trinajstić information content (AvgIpc) is 2.40. The second-order valence-electron chi connectivity index (χ2n) is 5.62. The molecule has 1 atom stereocenters. The summed E-state index contributed by atoms with van der Waals surface area (Å²) >= 11 is 0. The summed E-state index contributed by atoms with van der Waals surface area (Å²) in [5.41, 5.74) is 2.68. The van der Waals surface area contributed by atoms with Crippen LogP contribution in [-0.4, -0.2) is 19.7 Å². The second-order valence-corrected chi connectivity index (χ2v) is 5.62. The van der Waals surface area contributed by atoms with Crippen molar-refractivity contribution in [2.24, 2.45) is 5.92 Å². The van der Waals surface area contributed by atoms with Gasteiger partial charge in [0.25, 0.3) is 0 Å². The van der Waals surface area contributed by atoms with Gasteiger partial charge in [0, 0.05) is 6.54 Å². The van der Waals surface area contributed by atoms with Gasteiger partial charge in [-0.1, -0.05) is 38.1 Å². The van der Waals surface area contributed by atoms with E-state index < -0.39 is 0 Å². The number of nitrogens with one attached hydrogen (secondary N) is 1. The van der Waals surface area contributed by atoms with Crippen LogP contribution in [0.3, 0.4) is 0 Å². The molecule has 0 aliphatic carbocycles. The van der Waals surface area contributed by atoms with E-state index in [0.717, 1.165) is 19.8 Å². The maximum Gasteiger partial charge on any atom is 0.0717 e. The lowest BCUT2D eigenvalue weighted by Gasteiger charge is -2.22. The molecule has 0 spiro atoms. The minimum absolute atomic E-state index is 0.605. The molecule has 0 aromatic heterocycles. The van der Waals surface area contributed by atoms with Crippen LogP contribution in [0.25, 0.3) is 0 Å². The number of benzene rings is 1. The Hall–Kier alpha value is -0.860. The largest absolute Gasteiger partial charge is 0.376 e. The van der Waals surface area contributed by atoms with E-state index in [1.807, 2.05) is 0 Å². The zero-order chi connectivity index (χ0) is 12.8. The van der Waals surface area contributed by atoms with E-state index in [1.54, 1.807) is 0 Å². The molecule has 0 amide bonds. The highest BCUT2D eigenvalue weighted by Gasteiger charge is 2.12. The molecule has 1 aliphatic heterocycles. The Morgan fingerprint density at radius 2 is 2.06 bits per heavy atom. The first-order valence-electron chi connectivity index (χ1n) is 7.13. The molecule has 0 bridgehead atoms. The molecule has 1 aliphatic rings. The van der Waals surface area contributed by atoms with Crippen LogP contribution in [0.15, 0.2) is 24.3 Å². The lowest BCUT2D eigenvalue weighted by molar-refractivity contribution is 0.0783. The number of piperidine rings is 1. The van der Waals surface area contributed by atoms with Crippen molar-refractivity contribution >= 4 is 0 Å². The molecule has 1 saturated heterocycles. The smallest absolute Gasteiger partial charge is 0.0717 e. The van der Waals surface area contributed by atoms with Crippen molar-refractivity contribution in [1.29, 1.82) is 0 Å². The molecular weight excluding hydrogens is 222 g/mol. The zero-order valence-electron chi connectivity index (χ0n) is 11.6. The van der Waals surface area contributed by atoms with Crippen LogP contribution < -0.4 is 5.32 Å². The Bertz CT molecular complexity index is 339. The summed E-state index contributed by atoms with van der Waals surface area (Å²) in [6.45, 7) is 8.37. The summed E-state index contributed by atoms with van der Waals surface area (Å²) in [6, 6.07) is 8.81. The van der Waals surface area contributed by atoms with E-state index in [2.05, 4.69) is 43.4 Å². The van der Waals surface area contributed by atoms with Gasteiger partial charge in [0.15, 0.2) is 0 Å². The van der Waals surface area contributed by atoms with Gasteiger partial charge < -0.3 is 10.1 Å². The summed E-state index contributed by atoms with van der Waals surface area (Å²) in [4.78, 5) is 0. The summed E-state index contributed by atoms with van der Waals surface area (Å²) < 4.78 is 5.82. The van der Waals surface area contributed by atoms with Gasteiger partial charge >= 0.3 is 0 Å². The highest BCUT2D eigenvalue weighted by molar-refractivity contribution is 5.24. The first-order valence-corrected chi connectivity index (χ1v) is 7.13. The Kier molecular flexibility index (Phi) is 5.21. The lowest BCUT2D eigenvalue weighted by Crippen LogP contribution is -2.32. The van der Waals surface area contributed by atoms with E-state index in [-0.39, 0.29) is 0 Å². The molecule has 2 heteroatoms. The molecule has 1 aromatic carbocycles. The fraction of sp³-hybridized carbons (Fsp3) is 0.625. The summed E-state index contributed by atoms with van der Waals surface area (Å²) in [5.74, 6) is 1.31. The maximum absolute atomic E-state index is 5.82. The maximum atomic E-state index is 5.82. The molecule has 1 fully saturated rings. The first-order chi connectivity index (χ1) is 8.75. The van der Waals surface area contributed by atoms with Crippen molar-refractivity contribution in [3.8, 4) is 0 Å². The predicted molar refractivity (Wildman–Crippen MR) is 75.8 cm³/mol. The normalized spacial score (nSPS) is 20.3. The molecule has 2 rings (SSSR count). The summed E-state index contributed by atoms with van der Waals surface area (Å²) in [6.07, 6.45) is 2.59. The number of ether oxygens (including phenoxy) is 1. The minimum Gasteiger partial charge on any atom is -0.376 e. The fourth-order valence-corrected chi connectivity index (χ4v) is 2.41. The van der Waals surface area contributed by atoms with Crippen LogP contribution in [0, 0.1) is 5.92 Å². The predicted octanol–water partition coefficient (Wildman–Crippen LogP) is 3.33. The third-order valence-corrected chi connectivity index (χ3v) is 3.67. The molecule has 1 aromatic rings. The molecular formula is C16H25NO. The Balaban J connectivity index is 1.72. The third-order valence-electron chi connectivity index (χ3n) is 3.67. The van der Waals surface area contributed by atoms with E-state index in [9.17, 15) is 0 Å². The molecule has 2 nitrogen and oxygen atoms in total. The van der Waals surface area contributed by atoms with Gasteiger partial charge in [0.2, 0.25) is 0 Å². The van der Waals surface area contributed by atoms with Gasteiger partial charge in [0.05, 0.1) is 13.2 Å². The van der Waals surface area contributed by atoms with E-state index in [4.69, 9.17) is 4.74 Å². The summed E-state index contributed by atoms with van der Waals surface area (Å²) in [7, 11) is 0. The van der Waals surface area contributed by atoms with Crippen molar-refractivity contribution in [2.45, 2.75) is 39.2 Å². The topological polar surface area (TPSA) is 21.3 Å². The molecule has 0 unspecified atom stereocenters. The molecule has 0 radical (unpaired) electrons. The lowest BCUT2D eigenvalue weighted by atomic mass is 10.0. The molecule has 100 valence electrons. The SMILES string of the molecule is CC(C)c1ccc(COC[C@@H]2CCCNC2)cc1. The monoisotopic (exact) mass is 247 g/mol. The van der Waals surface area contributed by atoms with E-state index >= 15 is 0 Å². The van der Waals surface area contributed by atoms with E-state index in [1.165, 1.54) is 30.5 Å². The van der Waals surface area contributed by atoms with Crippen molar-refractivity contribution in [3.05, 3.63) is 35.4 Å². The highest BCUT2D eigenvalue weighted by Crippen LogP contribution is 2.16. The summed E-state index contributed by atoms with van der Waals surface area (Å²) in [5, 5.41) is 3.42.